The lowest BCUT2D eigenvalue weighted by atomic mass is 10.2. The van der Waals surface area contributed by atoms with Crippen LogP contribution in [0, 0.1) is 0 Å². The maximum atomic E-state index is 11.9. The molecule has 1 fully saturated rings. The Balaban J connectivity index is 2.13. The molecular weight excluding hydrogens is 266 g/mol. The Bertz CT molecular complexity index is 505. The Morgan fingerprint density at radius 1 is 1.58 bits per heavy atom. The molecule has 6 heteroatoms. The van der Waals surface area contributed by atoms with E-state index in [0.29, 0.717) is 23.7 Å². The van der Waals surface area contributed by atoms with E-state index in [-0.39, 0.29) is 17.7 Å². The Morgan fingerprint density at radius 3 is 3.16 bits per heavy atom. The number of aliphatic imine (C=N–C) groups is 1. The van der Waals surface area contributed by atoms with E-state index in [2.05, 4.69) is 10.3 Å². The van der Waals surface area contributed by atoms with Crippen LogP contribution in [0.4, 0.5) is 5.69 Å². The third-order valence-electron chi connectivity index (χ3n) is 2.92. The van der Waals surface area contributed by atoms with Crippen molar-refractivity contribution in [3.05, 3.63) is 23.2 Å². The van der Waals surface area contributed by atoms with Crippen molar-refractivity contribution in [2.75, 3.05) is 13.1 Å². The molecule has 0 bridgehead atoms. The molecule has 0 saturated carbocycles. The van der Waals surface area contributed by atoms with Gasteiger partial charge in [-0.3, -0.25) is 4.79 Å². The number of carbonyl (C=O) groups excluding carboxylic acids is 1. The number of carbonyl (C=O) groups is 1. The van der Waals surface area contributed by atoms with Crippen molar-refractivity contribution in [3.8, 4) is 5.75 Å². The van der Waals surface area contributed by atoms with E-state index in [1.54, 1.807) is 17.0 Å². The first kappa shape index (κ1) is 13.8. The highest BCUT2D eigenvalue weighted by molar-refractivity contribution is 6.30. The average molecular weight is 282 g/mol. The second-order valence-electron chi connectivity index (χ2n) is 4.52. The number of benzene rings is 1. The largest absolute Gasteiger partial charge is 0.506 e. The Morgan fingerprint density at radius 2 is 2.37 bits per heavy atom. The van der Waals surface area contributed by atoms with Gasteiger partial charge in [0, 0.05) is 30.6 Å². The number of hydrogen-bond donors (Lipinski definition) is 2. The molecule has 5 nitrogen and oxygen atoms in total. The molecule has 0 radical (unpaired) electrons. The standard InChI is InChI=1S/C13H16ClN3O2/c1-9-6-13(19)17(5-4-15-9)8-16-11-7-10(14)2-3-12(11)18/h2-3,7-9,15,18H,4-6H2,1H3. The second-order valence-corrected chi connectivity index (χ2v) is 4.96. The number of phenols is 1. The van der Waals surface area contributed by atoms with Crippen LogP contribution in [-0.4, -0.2) is 41.4 Å². The number of amides is 1. The van der Waals surface area contributed by atoms with Gasteiger partial charge in [-0.25, -0.2) is 4.99 Å². The lowest BCUT2D eigenvalue weighted by Crippen LogP contribution is -2.30. The number of rotatable bonds is 2. The number of nitrogens with zero attached hydrogens (tertiary/aromatic N) is 2. The fourth-order valence-electron chi connectivity index (χ4n) is 1.86. The van der Waals surface area contributed by atoms with E-state index in [1.165, 1.54) is 12.4 Å². The number of aromatic hydroxyl groups is 1. The molecule has 1 aromatic rings. The van der Waals surface area contributed by atoms with Gasteiger partial charge in [0.15, 0.2) is 0 Å². The van der Waals surface area contributed by atoms with Crippen molar-refractivity contribution < 1.29 is 9.90 Å². The highest BCUT2D eigenvalue weighted by Crippen LogP contribution is 2.28. The molecule has 1 saturated heterocycles. The average Bonchev–Trinajstić information content (AvgIpc) is 2.51. The fourth-order valence-corrected chi connectivity index (χ4v) is 2.03. The molecule has 0 spiro atoms. The summed E-state index contributed by atoms with van der Waals surface area (Å²) < 4.78 is 0. The van der Waals surface area contributed by atoms with Crippen molar-refractivity contribution in [3.63, 3.8) is 0 Å². The predicted molar refractivity (Wildman–Crippen MR) is 75.1 cm³/mol. The molecule has 1 amide bonds. The lowest BCUT2D eigenvalue weighted by molar-refractivity contribution is -0.126. The zero-order chi connectivity index (χ0) is 13.8. The molecule has 102 valence electrons. The van der Waals surface area contributed by atoms with Crippen molar-refractivity contribution >= 4 is 29.5 Å². The summed E-state index contributed by atoms with van der Waals surface area (Å²) in [7, 11) is 0. The quantitative estimate of drug-likeness (QED) is 0.643. The van der Waals surface area contributed by atoms with Crippen LogP contribution in [-0.2, 0) is 4.79 Å². The zero-order valence-corrected chi connectivity index (χ0v) is 11.4. The Labute approximate surface area is 116 Å². The van der Waals surface area contributed by atoms with Gasteiger partial charge in [0.25, 0.3) is 0 Å². The molecule has 19 heavy (non-hydrogen) atoms. The topological polar surface area (TPSA) is 64.9 Å². The summed E-state index contributed by atoms with van der Waals surface area (Å²) in [5, 5.41) is 13.4. The highest BCUT2D eigenvalue weighted by atomic mass is 35.5. The van der Waals surface area contributed by atoms with E-state index in [9.17, 15) is 9.90 Å². The van der Waals surface area contributed by atoms with Crippen LogP contribution in [0.15, 0.2) is 23.2 Å². The van der Waals surface area contributed by atoms with Crippen LogP contribution >= 0.6 is 11.6 Å². The van der Waals surface area contributed by atoms with Crippen molar-refractivity contribution in [1.82, 2.24) is 10.2 Å². The van der Waals surface area contributed by atoms with Crippen LogP contribution in [0.3, 0.4) is 0 Å². The van der Waals surface area contributed by atoms with Crippen LogP contribution in [0.25, 0.3) is 0 Å². The van der Waals surface area contributed by atoms with Crippen molar-refractivity contribution in [2.24, 2.45) is 4.99 Å². The van der Waals surface area contributed by atoms with E-state index in [1.807, 2.05) is 6.92 Å². The predicted octanol–water partition coefficient (Wildman–Crippen LogP) is 1.92. The van der Waals surface area contributed by atoms with Gasteiger partial charge in [0.1, 0.15) is 11.4 Å². The SMILES string of the molecule is CC1CC(=O)N(C=Nc2cc(Cl)ccc2O)CCN1. The molecule has 1 atom stereocenters. The van der Waals surface area contributed by atoms with Gasteiger partial charge in [-0.15, -0.1) is 0 Å². The summed E-state index contributed by atoms with van der Waals surface area (Å²) in [5.74, 6) is 0.0529. The molecule has 2 rings (SSSR count). The second kappa shape index (κ2) is 6.04. The van der Waals surface area contributed by atoms with Gasteiger partial charge in [-0.2, -0.15) is 0 Å². The Hall–Kier alpha value is -1.59. The smallest absolute Gasteiger partial charge is 0.229 e. The van der Waals surface area contributed by atoms with Gasteiger partial charge < -0.3 is 15.3 Å². The minimum absolute atomic E-state index is 0.0165. The number of hydrogen-bond acceptors (Lipinski definition) is 4. The fraction of sp³-hybridized carbons (Fsp3) is 0.385. The molecule has 2 N–H and O–H groups in total. The van der Waals surface area contributed by atoms with Crippen molar-refractivity contribution in [2.45, 2.75) is 19.4 Å². The van der Waals surface area contributed by atoms with Gasteiger partial charge in [0.2, 0.25) is 5.91 Å². The molecule has 1 aliphatic rings. The molecule has 0 aromatic heterocycles. The molecule has 1 unspecified atom stereocenters. The summed E-state index contributed by atoms with van der Waals surface area (Å²) in [4.78, 5) is 17.6. The third-order valence-corrected chi connectivity index (χ3v) is 3.16. The minimum Gasteiger partial charge on any atom is -0.506 e. The summed E-state index contributed by atoms with van der Waals surface area (Å²) in [6.07, 6.45) is 1.89. The molecular formula is C13H16ClN3O2. The number of nitrogens with one attached hydrogen (secondary N) is 1. The van der Waals surface area contributed by atoms with E-state index in [0.717, 1.165) is 6.54 Å². The normalized spacial score (nSPS) is 20.8. The number of phenolic OH excluding ortho intramolecular Hbond substituents is 1. The Kier molecular flexibility index (Phi) is 4.39. The summed E-state index contributed by atoms with van der Waals surface area (Å²) in [6, 6.07) is 4.78. The maximum Gasteiger partial charge on any atom is 0.229 e. The molecule has 1 heterocycles. The van der Waals surface area contributed by atoms with Gasteiger partial charge in [-0.05, 0) is 25.1 Å². The van der Waals surface area contributed by atoms with Crippen LogP contribution in [0.2, 0.25) is 5.02 Å². The monoisotopic (exact) mass is 281 g/mol. The summed E-state index contributed by atoms with van der Waals surface area (Å²) in [5.41, 5.74) is 0.352. The number of halogens is 1. The zero-order valence-electron chi connectivity index (χ0n) is 10.6. The first-order valence-electron chi connectivity index (χ1n) is 6.12. The van der Waals surface area contributed by atoms with Crippen LogP contribution in [0.5, 0.6) is 5.75 Å². The lowest BCUT2D eigenvalue weighted by Gasteiger charge is -2.13. The first-order chi connectivity index (χ1) is 9.06. The van der Waals surface area contributed by atoms with Gasteiger partial charge >= 0.3 is 0 Å². The summed E-state index contributed by atoms with van der Waals surface area (Å²) in [6.45, 7) is 3.26. The molecule has 1 aromatic carbocycles. The summed E-state index contributed by atoms with van der Waals surface area (Å²) >= 11 is 5.84. The molecule has 0 aliphatic carbocycles. The highest BCUT2D eigenvalue weighted by Gasteiger charge is 2.18. The third kappa shape index (κ3) is 3.68. The first-order valence-corrected chi connectivity index (χ1v) is 6.49. The van der Waals surface area contributed by atoms with Gasteiger partial charge in [0.05, 0.1) is 6.34 Å². The van der Waals surface area contributed by atoms with E-state index < -0.39 is 0 Å². The van der Waals surface area contributed by atoms with E-state index in [4.69, 9.17) is 11.6 Å². The van der Waals surface area contributed by atoms with Gasteiger partial charge in [-0.1, -0.05) is 11.6 Å². The van der Waals surface area contributed by atoms with Crippen LogP contribution < -0.4 is 5.32 Å². The van der Waals surface area contributed by atoms with Crippen LogP contribution in [0.1, 0.15) is 13.3 Å². The maximum absolute atomic E-state index is 11.9. The molecule has 1 aliphatic heterocycles. The van der Waals surface area contributed by atoms with Crippen molar-refractivity contribution in [1.29, 1.82) is 0 Å². The minimum atomic E-state index is 0.0165. The van der Waals surface area contributed by atoms with E-state index >= 15 is 0 Å².